The third kappa shape index (κ3) is 6.58. The van der Waals surface area contributed by atoms with Crippen LogP contribution in [0.5, 0.6) is 5.75 Å². The van der Waals surface area contributed by atoms with Crippen LogP contribution in [0.2, 0.25) is 0 Å². The number of sulfone groups is 1. The molecule has 3 aromatic rings. The van der Waals surface area contributed by atoms with Crippen LogP contribution in [0, 0.1) is 0 Å². The van der Waals surface area contributed by atoms with Gasteiger partial charge in [-0.25, -0.2) is 16.8 Å². The summed E-state index contributed by atoms with van der Waals surface area (Å²) in [5.74, 6) is 0.368. The van der Waals surface area contributed by atoms with Crippen LogP contribution in [0.15, 0.2) is 69.3 Å². The molecule has 0 unspecified atom stereocenters. The minimum atomic E-state index is -3.99. The maximum absolute atomic E-state index is 13.6. The molecule has 240 valence electrons. The molecule has 0 aliphatic carbocycles. The Labute approximate surface area is 258 Å². The van der Waals surface area contributed by atoms with Crippen molar-refractivity contribution in [2.75, 3.05) is 32.8 Å². The molecule has 2 N–H and O–H groups in total. The highest BCUT2D eigenvalue weighted by atomic mass is 32.2. The van der Waals surface area contributed by atoms with E-state index in [1.807, 2.05) is 19.1 Å². The summed E-state index contributed by atoms with van der Waals surface area (Å²) in [4.78, 5) is 13.2. The van der Waals surface area contributed by atoms with Crippen LogP contribution in [0.3, 0.4) is 0 Å². The molecule has 11 nitrogen and oxygen atoms in total. The SMILES string of the molecule is CCn1cc(S(=O)(=O)N2CCC3(CC2)C[C@@H](NC[C@H](O)COc2cccc(S(=O)(=O)C(C)C)c2)CO3)c(=O)c2ccccc21. The van der Waals surface area contributed by atoms with E-state index in [0.717, 1.165) is 0 Å². The summed E-state index contributed by atoms with van der Waals surface area (Å²) in [5, 5.41) is 13.7. The number of aliphatic hydroxyl groups excluding tert-OH is 1. The number of nitrogens with zero attached hydrogens (tertiary/aromatic N) is 2. The van der Waals surface area contributed by atoms with Crippen LogP contribution in [-0.4, -0.2) is 86.7 Å². The zero-order valence-electron chi connectivity index (χ0n) is 25.3. The number of benzene rings is 2. The molecule has 1 spiro atoms. The molecule has 2 aromatic carbocycles. The molecule has 0 bridgehead atoms. The van der Waals surface area contributed by atoms with Crippen molar-refractivity contribution in [2.45, 2.75) is 79.4 Å². The Bertz CT molecular complexity index is 1760. The normalized spacial score (nSPS) is 20.0. The molecule has 0 saturated carbocycles. The lowest BCUT2D eigenvalue weighted by molar-refractivity contribution is -0.0312. The number of aliphatic hydroxyl groups is 1. The number of hydrogen-bond donors (Lipinski definition) is 2. The maximum atomic E-state index is 13.6. The van der Waals surface area contributed by atoms with Gasteiger partial charge in [-0.15, -0.1) is 0 Å². The lowest BCUT2D eigenvalue weighted by Crippen LogP contribution is -2.47. The second-order valence-electron chi connectivity index (χ2n) is 11.9. The zero-order chi connectivity index (χ0) is 31.7. The van der Waals surface area contributed by atoms with Crippen LogP contribution < -0.4 is 15.5 Å². The molecule has 2 aliphatic heterocycles. The number of aromatic nitrogens is 1. The Morgan fingerprint density at radius 1 is 1.09 bits per heavy atom. The highest BCUT2D eigenvalue weighted by Gasteiger charge is 2.45. The van der Waals surface area contributed by atoms with Crippen LogP contribution in [-0.2, 0) is 31.1 Å². The number of pyridine rings is 1. The van der Waals surface area contributed by atoms with Crippen LogP contribution in [0.4, 0.5) is 0 Å². The number of para-hydroxylation sites is 1. The fourth-order valence-electron chi connectivity index (χ4n) is 5.93. The van der Waals surface area contributed by atoms with Crippen molar-refractivity contribution in [3.8, 4) is 5.75 Å². The van der Waals surface area contributed by atoms with Gasteiger partial charge in [-0.2, -0.15) is 4.31 Å². The van der Waals surface area contributed by atoms with Crippen molar-refractivity contribution in [3.05, 3.63) is 65.0 Å². The van der Waals surface area contributed by atoms with Gasteiger partial charge >= 0.3 is 0 Å². The predicted octanol–water partition coefficient (Wildman–Crippen LogP) is 2.55. The minimum absolute atomic E-state index is 0.0156. The number of rotatable bonds is 11. The van der Waals surface area contributed by atoms with E-state index in [-0.39, 0.29) is 42.1 Å². The number of aryl methyl sites for hydroxylation is 1. The van der Waals surface area contributed by atoms with E-state index in [9.17, 15) is 26.7 Å². The topological polar surface area (TPSA) is 144 Å². The molecular weight excluding hydrogens is 606 g/mol. The first-order valence-corrected chi connectivity index (χ1v) is 18.0. The summed E-state index contributed by atoms with van der Waals surface area (Å²) < 4.78 is 67.1. The largest absolute Gasteiger partial charge is 0.491 e. The number of piperidine rings is 1. The van der Waals surface area contributed by atoms with E-state index in [4.69, 9.17) is 9.47 Å². The van der Waals surface area contributed by atoms with Crippen LogP contribution >= 0.6 is 0 Å². The number of ether oxygens (including phenoxy) is 2. The van der Waals surface area contributed by atoms with Gasteiger partial charge in [0.05, 0.1) is 27.9 Å². The van der Waals surface area contributed by atoms with E-state index < -0.39 is 42.2 Å². The van der Waals surface area contributed by atoms with Gasteiger partial charge in [0.15, 0.2) is 9.84 Å². The fraction of sp³-hybridized carbons (Fsp3) is 0.516. The number of fused-ring (bicyclic) bond motifs is 1. The number of sulfonamides is 1. The Balaban J connectivity index is 1.14. The predicted molar refractivity (Wildman–Crippen MR) is 167 cm³/mol. The van der Waals surface area contributed by atoms with Gasteiger partial charge in [0.2, 0.25) is 15.5 Å². The Morgan fingerprint density at radius 2 is 1.82 bits per heavy atom. The maximum Gasteiger partial charge on any atom is 0.248 e. The lowest BCUT2D eigenvalue weighted by atomic mass is 9.88. The van der Waals surface area contributed by atoms with Gasteiger partial charge in [-0.05, 0) is 70.4 Å². The average molecular weight is 648 g/mol. The zero-order valence-corrected chi connectivity index (χ0v) is 26.9. The van der Waals surface area contributed by atoms with E-state index in [2.05, 4.69) is 5.32 Å². The van der Waals surface area contributed by atoms with E-state index in [1.165, 1.54) is 22.6 Å². The Hall–Kier alpha value is -2.81. The highest BCUT2D eigenvalue weighted by molar-refractivity contribution is 7.92. The summed E-state index contributed by atoms with van der Waals surface area (Å²) in [7, 11) is -7.43. The van der Waals surface area contributed by atoms with E-state index in [1.54, 1.807) is 42.7 Å². The van der Waals surface area contributed by atoms with E-state index in [0.29, 0.717) is 49.1 Å². The minimum Gasteiger partial charge on any atom is -0.491 e. The standard InChI is InChI=1S/C31H41N3O8S2/c1-4-33-19-29(30(36)27-10-5-6-11-28(27)33)44(39,40)34-14-12-31(13-15-34)17-23(20-42-31)32-18-24(35)21-41-25-8-7-9-26(16-25)43(37,38)22(2)3/h5-11,16,19,22-24,32,35H,4,12-15,17-18,20-21H2,1-3H3/t23-,24+/m1/s1. The number of hydrogen-bond acceptors (Lipinski definition) is 9. The molecule has 44 heavy (non-hydrogen) atoms. The van der Waals surface area contributed by atoms with Gasteiger partial charge in [0.25, 0.3) is 0 Å². The van der Waals surface area contributed by atoms with Gasteiger partial charge < -0.3 is 24.5 Å². The third-order valence-corrected chi connectivity index (χ3v) is 12.6. The first kappa shape index (κ1) is 32.6. The molecule has 13 heteroatoms. The van der Waals surface area contributed by atoms with Gasteiger partial charge in [0.1, 0.15) is 23.4 Å². The molecule has 2 atom stereocenters. The summed E-state index contributed by atoms with van der Waals surface area (Å²) in [6, 6.07) is 13.3. The molecule has 2 fully saturated rings. The Morgan fingerprint density at radius 3 is 2.52 bits per heavy atom. The van der Waals surface area contributed by atoms with Crippen LogP contribution in [0.1, 0.15) is 40.0 Å². The summed E-state index contributed by atoms with van der Waals surface area (Å²) in [6.45, 7) is 6.84. The van der Waals surface area contributed by atoms with Gasteiger partial charge in [-0.3, -0.25) is 4.79 Å². The fourth-order valence-corrected chi connectivity index (χ4v) is 8.57. The monoisotopic (exact) mass is 647 g/mol. The lowest BCUT2D eigenvalue weighted by Gasteiger charge is -2.38. The first-order chi connectivity index (χ1) is 20.9. The first-order valence-electron chi connectivity index (χ1n) is 15.0. The van der Waals surface area contributed by atoms with Crippen molar-refractivity contribution < 1.29 is 31.4 Å². The summed E-state index contributed by atoms with van der Waals surface area (Å²) in [5.41, 5.74) is -0.249. The third-order valence-electron chi connectivity index (χ3n) is 8.60. The number of nitrogens with one attached hydrogen (secondary N) is 1. The molecule has 1 aromatic heterocycles. The van der Waals surface area contributed by atoms with Gasteiger partial charge in [0, 0.05) is 43.8 Å². The second kappa shape index (κ2) is 12.9. The van der Waals surface area contributed by atoms with E-state index >= 15 is 0 Å². The van der Waals surface area contributed by atoms with Crippen molar-refractivity contribution in [1.82, 2.24) is 14.2 Å². The summed E-state index contributed by atoms with van der Waals surface area (Å²) >= 11 is 0. The highest BCUT2D eigenvalue weighted by Crippen LogP contribution is 2.37. The van der Waals surface area contributed by atoms with Crippen molar-refractivity contribution in [1.29, 1.82) is 0 Å². The molecule has 2 saturated heterocycles. The van der Waals surface area contributed by atoms with Crippen molar-refractivity contribution in [2.24, 2.45) is 0 Å². The quantitative estimate of drug-likeness (QED) is 0.321. The van der Waals surface area contributed by atoms with Crippen molar-refractivity contribution in [3.63, 3.8) is 0 Å². The molecule has 0 radical (unpaired) electrons. The molecule has 3 heterocycles. The average Bonchev–Trinajstić information content (AvgIpc) is 3.41. The molecule has 0 amide bonds. The summed E-state index contributed by atoms with van der Waals surface area (Å²) in [6.07, 6.45) is 2.29. The van der Waals surface area contributed by atoms with Crippen LogP contribution in [0.25, 0.3) is 10.9 Å². The smallest absolute Gasteiger partial charge is 0.248 e. The molecular formula is C31H41N3O8S2. The van der Waals surface area contributed by atoms with Gasteiger partial charge in [-0.1, -0.05) is 18.2 Å². The molecule has 2 aliphatic rings. The second-order valence-corrected chi connectivity index (χ2v) is 16.3. The Kier molecular flexibility index (Phi) is 9.55. The van der Waals surface area contributed by atoms with Crippen molar-refractivity contribution >= 4 is 30.8 Å². The molecule has 5 rings (SSSR count).